The van der Waals surface area contributed by atoms with Gasteiger partial charge in [-0.2, -0.15) is 0 Å². The fourth-order valence-corrected chi connectivity index (χ4v) is 3.88. The Morgan fingerprint density at radius 1 is 1.65 bits per heavy atom. The van der Waals surface area contributed by atoms with E-state index in [4.69, 9.17) is 16.0 Å². The van der Waals surface area contributed by atoms with Crippen molar-refractivity contribution in [2.24, 2.45) is 10.9 Å². The maximum Gasteiger partial charge on any atom is 0.195 e. The molecule has 1 aliphatic rings. The number of hydrogen-bond donors (Lipinski definition) is 4. The van der Waals surface area contributed by atoms with Crippen molar-refractivity contribution in [3.63, 3.8) is 0 Å². The van der Waals surface area contributed by atoms with E-state index in [1.807, 2.05) is 0 Å². The van der Waals surface area contributed by atoms with Crippen LogP contribution in [0.1, 0.15) is 5.69 Å². The van der Waals surface area contributed by atoms with Crippen molar-refractivity contribution in [3.05, 3.63) is 5.69 Å². The van der Waals surface area contributed by atoms with E-state index in [9.17, 15) is 4.21 Å². The van der Waals surface area contributed by atoms with Crippen molar-refractivity contribution in [2.75, 3.05) is 26.2 Å². The fraction of sp³-hybridized carbons (Fsp3) is 0.625. The molecule has 0 saturated carbocycles. The highest BCUT2D eigenvalue weighted by atomic mass is 32.2. The summed E-state index contributed by atoms with van der Waals surface area (Å²) < 4.78 is 20.6. The number of aliphatic hydroxyl groups excluding tert-OH is 1. The number of rotatable bonds is 7. The molecule has 20 heavy (non-hydrogen) atoms. The third kappa shape index (κ3) is 3.46. The number of hydrogen-bond acceptors (Lipinski definition) is 8. The van der Waals surface area contributed by atoms with Crippen LogP contribution in [0.25, 0.3) is 0 Å². The van der Waals surface area contributed by atoms with Gasteiger partial charge in [-0.25, -0.2) is 17.9 Å². The van der Waals surface area contributed by atoms with Gasteiger partial charge in [-0.1, -0.05) is 16.9 Å². The molecule has 1 atom stereocenters. The molecule has 2 rings (SSSR count). The van der Waals surface area contributed by atoms with Crippen LogP contribution < -0.4 is 10.5 Å². The van der Waals surface area contributed by atoms with Crippen molar-refractivity contribution in [3.8, 4) is 0 Å². The SMILES string of the molecule is N/C(=N\O)c1nonc1SC1CN(S(=O)NCCO)C1. The Kier molecular flexibility index (Phi) is 5.31. The molecular formula is C8H14N6O4S2. The van der Waals surface area contributed by atoms with Crippen LogP contribution in [0, 0.1) is 0 Å². The molecule has 12 heteroatoms. The number of nitrogens with one attached hydrogen (secondary N) is 1. The molecule has 0 amide bonds. The zero-order valence-electron chi connectivity index (χ0n) is 10.3. The number of nitrogens with two attached hydrogens (primary N) is 1. The highest BCUT2D eigenvalue weighted by molar-refractivity contribution is 8.00. The molecule has 1 aliphatic heterocycles. The first-order valence-electron chi connectivity index (χ1n) is 5.64. The summed E-state index contributed by atoms with van der Waals surface area (Å²) in [4.78, 5) is 0. The molecule has 10 nitrogen and oxygen atoms in total. The zero-order valence-corrected chi connectivity index (χ0v) is 11.9. The smallest absolute Gasteiger partial charge is 0.195 e. The summed E-state index contributed by atoms with van der Waals surface area (Å²) in [7, 11) is 0. The third-order valence-electron chi connectivity index (χ3n) is 2.47. The van der Waals surface area contributed by atoms with Gasteiger partial charge in [-0.3, -0.25) is 0 Å². The molecule has 0 aliphatic carbocycles. The van der Waals surface area contributed by atoms with Crippen molar-refractivity contribution < 1.29 is 19.2 Å². The molecule has 1 saturated heterocycles. The van der Waals surface area contributed by atoms with E-state index in [0.717, 1.165) is 0 Å². The first kappa shape index (κ1) is 15.2. The Bertz CT molecular complexity index is 503. The van der Waals surface area contributed by atoms with Gasteiger partial charge in [-0.05, 0) is 10.3 Å². The lowest BCUT2D eigenvalue weighted by molar-refractivity contribution is 0.294. The Labute approximate surface area is 121 Å². The summed E-state index contributed by atoms with van der Waals surface area (Å²) in [5, 5.41) is 27.9. The van der Waals surface area contributed by atoms with Gasteiger partial charge in [-0.15, -0.1) is 0 Å². The van der Waals surface area contributed by atoms with E-state index in [-0.39, 0.29) is 29.9 Å². The Balaban J connectivity index is 1.83. The van der Waals surface area contributed by atoms with Crippen LogP contribution >= 0.6 is 11.8 Å². The fourth-order valence-electron chi connectivity index (χ4n) is 1.45. The predicted octanol–water partition coefficient (Wildman–Crippen LogP) is -1.90. The Morgan fingerprint density at radius 3 is 3.05 bits per heavy atom. The largest absolute Gasteiger partial charge is 0.409 e. The van der Waals surface area contributed by atoms with E-state index in [2.05, 4.69) is 24.8 Å². The minimum absolute atomic E-state index is 0.0640. The van der Waals surface area contributed by atoms with Crippen molar-refractivity contribution >= 4 is 28.8 Å². The van der Waals surface area contributed by atoms with Crippen molar-refractivity contribution in [2.45, 2.75) is 10.3 Å². The normalized spacial score (nSPS) is 18.9. The summed E-state index contributed by atoms with van der Waals surface area (Å²) >= 11 is 0.0592. The lowest BCUT2D eigenvalue weighted by atomic mass is 10.3. The van der Waals surface area contributed by atoms with Gasteiger partial charge in [0.05, 0.1) is 6.61 Å². The van der Waals surface area contributed by atoms with Crippen molar-refractivity contribution in [1.29, 1.82) is 0 Å². The molecule has 1 aromatic heterocycles. The van der Waals surface area contributed by atoms with E-state index in [0.29, 0.717) is 18.1 Å². The summed E-state index contributed by atoms with van der Waals surface area (Å²) in [5.41, 5.74) is 5.63. The van der Waals surface area contributed by atoms with E-state index >= 15 is 0 Å². The molecule has 5 N–H and O–H groups in total. The summed E-state index contributed by atoms with van der Waals surface area (Å²) in [6.07, 6.45) is 0. The molecule has 0 aromatic carbocycles. The highest BCUT2D eigenvalue weighted by Crippen LogP contribution is 2.30. The number of oxime groups is 1. The second-order valence-electron chi connectivity index (χ2n) is 3.86. The monoisotopic (exact) mass is 322 g/mol. The van der Waals surface area contributed by atoms with Gasteiger partial charge in [0.15, 0.2) is 27.7 Å². The van der Waals surface area contributed by atoms with Crippen LogP contribution in [0.4, 0.5) is 0 Å². The number of aromatic nitrogens is 2. The third-order valence-corrected chi connectivity index (χ3v) is 4.81. The van der Waals surface area contributed by atoms with Gasteiger partial charge in [0, 0.05) is 24.9 Å². The number of thioether (sulfide) groups is 1. The maximum absolute atomic E-state index is 11.6. The first-order valence-corrected chi connectivity index (χ1v) is 7.62. The van der Waals surface area contributed by atoms with Crippen LogP contribution in [0.2, 0.25) is 0 Å². The predicted molar refractivity (Wildman–Crippen MR) is 71.3 cm³/mol. The second-order valence-corrected chi connectivity index (χ2v) is 6.45. The topological polar surface area (TPSA) is 150 Å². The lowest BCUT2D eigenvalue weighted by Gasteiger charge is -2.36. The Morgan fingerprint density at radius 2 is 2.40 bits per heavy atom. The number of amidine groups is 1. The van der Waals surface area contributed by atoms with Crippen molar-refractivity contribution in [1.82, 2.24) is 19.3 Å². The molecule has 0 radical (unpaired) electrons. The van der Waals surface area contributed by atoms with Crippen LogP contribution in [0.5, 0.6) is 0 Å². The molecule has 1 unspecified atom stereocenters. The summed E-state index contributed by atoms with van der Waals surface area (Å²) in [5.74, 6) is -0.168. The molecule has 1 fully saturated rings. The quantitative estimate of drug-likeness (QED) is 0.197. The second kappa shape index (κ2) is 6.99. The Hall–Kier alpha value is -1.21. The van der Waals surface area contributed by atoms with E-state index in [1.54, 1.807) is 4.31 Å². The van der Waals surface area contributed by atoms with Crippen LogP contribution in [0.15, 0.2) is 14.8 Å². The van der Waals surface area contributed by atoms with E-state index in [1.165, 1.54) is 11.8 Å². The van der Waals surface area contributed by atoms with Gasteiger partial charge < -0.3 is 16.0 Å². The molecule has 1 aromatic rings. The van der Waals surface area contributed by atoms with Gasteiger partial charge in [0.1, 0.15) is 0 Å². The number of aliphatic hydroxyl groups is 1. The highest BCUT2D eigenvalue weighted by Gasteiger charge is 2.33. The molecular weight excluding hydrogens is 308 g/mol. The standard InChI is InChI=1S/C8H14N6O4S2/c9-7(11-16)6-8(13-18-12-6)19-5-3-14(4-5)20(17)10-1-2-15/h5,10,15-16H,1-4H2,(H2,9,11). The first-order chi connectivity index (χ1) is 9.65. The van der Waals surface area contributed by atoms with Gasteiger partial charge in [0.2, 0.25) is 0 Å². The number of nitrogens with zero attached hydrogens (tertiary/aromatic N) is 4. The molecule has 0 bridgehead atoms. The zero-order chi connectivity index (χ0) is 14.5. The van der Waals surface area contributed by atoms with Gasteiger partial charge in [0.25, 0.3) is 0 Å². The van der Waals surface area contributed by atoms with Crippen LogP contribution in [-0.4, -0.2) is 66.5 Å². The summed E-state index contributed by atoms with van der Waals surface area (Å²) in [6, 6.07) is 0. The lowest BCUT2D eigenvalue weighted by Crippen LogP contribution is -2.53. The average molecular weight is 322 g/mol. The average Bonchev–Trinajstić information content (AvgIpc) is 2.86. The minimum Gasteiger partial charge on any atom is -0.409 e. The minimum atomic E-state index is -1.30. The maximum atomic E-state index is 11.6. The molecule has 2 heterocycles. The van der Waals surface area contributed by atoms with Crippen LogP contribution in [0.3, 0.4) is 0 Å². The molecule has 0 spiro atoms. The summed E-state index contributed by atoms with van der Waals surface area (Å²) in [6.45, 7) is 1.38. The molecule has 112 valence electrons. The van der Waals surface area contributed by atoms with E-state index < -0.39 is 11.2 Å². The van der Waals surface area contributed by atoms with Gasteiger partial charge >= 0.3 is 0 Å². The van der Waals surface area contributed by atoms with Crippen LogP contribution in [-0.2, 0) is 11.2 Å².